The lowest BCUT2D eigenvalue weighted by Gasteiger charge is -2.11. The molecule has 4 rings (SSSR count). The molecule has 0 saturated heterocycles. The predicted octanol–water partition coefficient (Wildman–Crippen LogP) is 4.37. The van der Waals surface area contributed by atoms with Crippen LogP contribution in [0.2, 0.25) is 0 Å². The van der Waals surface area contributed by atoms with Gasteiger partial charge in [-0.3, -0.25) is 5.10 Å². The first kappa shape index (κ1) is 16.3. The van der Waals surface area contributed by atoms with Gasteiger partial charge in [-0.25, -0.2) is 9.97 Å². The Balaban J connectivity index is 1.56. The third-order valence-electron chi connectivity index (χ3n) is 4.48. The van der Waals surface area contributed by atoms with Crippen molar-refractivity contribution in [3.8, 4) is 11.4 Å². The van der Waals surface area contributed by atoms with Gasteiger partial charge in [0.25, 0.3) is 0 Å². The fourth-order valence-corrected chi connectivity index (χ4v) is 3.04. The van der Waals surface area contributed by atoms with Gasteiger partial charge in [-0.2, -0.15) is 5.10 Å². The smallest absolute Gasteiger partial charge is 0.162 e. The minimum Gasteiger partial charge on any atom is -0.369 e. The van der Waals surface area contributed by atoms with Crippen molar-refractivity contribution in [2.75, 3.05) is 11.9 Å². The molecule has 2 N–H and O–H groups in total. The molecule has 0 aliphatic carbocycles. The van der Waals surface area contributed by atoms with E-state index in [9.17, 15) is 0 Å². The Morgan fingerprint density at radius 2 is 1.77 bits per heavy atom. The van der Waals surface area contributed by atoms with Crippen molar-refractivity contribution < 1.29 is 0 Å². The molecule has 0 radical (unpaired) electrons. The molecule has 0 unspecified atom stereocenters. The lowest BCUT2D eigenvalue weighted by Crippen LogP contribution is -2.07. The number of nitrogens with one attached hydrogen (secondary N) is 2. The van der Waals surface area contributed by atoms with E-state index in [4.69, 9.17) is 9.97 Å². The summed E-state index contributed by atoms with van der Waals surface area (Å²) in [4.78, 5) is 9.51. The first-order valence-corrected chi connectivity index (χ1v) is 8.86. The molecule has 0 saturated carbocycles. The van der Waals surface area contributed by atoms with Gasteiger partial charge >= 0.3 is 0 Å². The summed E-state index contributed by atoms with van der Waals surface area (Å²) >= 11 is 0. The number of nitrogens with zero attached hydrogens (tertiary/aromatic N) is 3. The van der Waals surface area contributed by atoms with E-state index in [0.29, 0.717) is 0 Å². The molecule has 0 atom stereocenters. The highest BCUT2D eigenvalue weighted by atomic mass is 15.1. The molecule has 4 aromatic rings. The van der Waals surface area contributed by atoms with Crippen LogP contribution >= 0.6 is 0 Å². The average Bonchev–Trinajstić information content (AvgIpc) is 3.10. The van der Waals surface area contributed by atoms with E-state index < -0.39 is 0 Å². The summed E-state index contributed by atoms with van der Waals surface area (Å²) in [6.07, 6.45) is 3.91. The lowest BCUT2D eigenvalue weighted by molar-refractivity contribution is 0.854. The normalized spacial score (nSPS) is 11.0. The minimum atomic E-state index is 0.748. The fourth-order valence-electron chi connectivity index (χ4n) is 3.04. The summed E-state index contributed by atoms with van der Waals surface area (Å²) in [6.45, 7) is 2.90. The first-order valence-electron chi connectivity index (χ1n) is 8.86. The molecule has 5 heteroatoms. The molecule has 26 heavy (non-hydrogen) atoms. The van der Waals surface area contributed by atoms with E-state index >= 15 is 0 Å². The minimum absolute atomic E-state index is 0.748. The van der Waals surface area contributed by atoms with Crippen LogP contribution in [0.15, 0.2) is 60.8 Å². The van der Waals surface area contributed by atoms with Crippen LogP contribution in [0.4, 0.5) is 5.82 Å². The second-order valence-corrected chi connectivity index (χ2v) is 6.33. The Morgan fingerprint density at radius 3 is 2.58 bits per heavy atom. The van der Waals surface area contributed by atoms with Crippen LogP contribution in [0.1, 0.15) is 17.7 Å². The number of aromatic amines is 1. The van der Waals surface area contributed by atoms with Gasteiger partial charge in [-0.05, 0) is 37.5 Å². The number of para-hydroxylation sites is 1. The van der Waals surface area contributed by atoms with E-state index in [1.165, 1.54) is 5.56 Å². The number of benzene rings is 2. The van der Waals surface area contributed by atoms with Gasteiger partial charge in [0.05, 0.1) is 11.7 Å². The maximum Gasteiger partial charge on any atom is 0.162 e. The van der Waals surface area contributed by atoms with E-state index in [1.54, 1.807) is 0 Å². The van der Waals surface area contributed by atoms with E-state index in [2.05, 4.69) is 28.5 Å². The number of hydrogen-bond donors (Lipinski definition) is 2. The topological polar surface area (TPSA) is 66.5 Å². The molecule has 2 aromatic heterocycles. The van der Waals surface area contributed by atoms with Crippen LogP contribution in [0.5, 0.6) is 0 Å². The number of rotatable bonds is 6. The van der Waals surface area contributed by atoms with Crippen LogP contribution in [0.3, 0.4) is 0 Å². The third-order valence-corrected chi connectivity index (χ3v) is 4.48. The Bertz CT molecular complexity index is 1010. The maximum absolute atomic E-state index is 4.78. The maximum atomic E-state index is 4.78. The number of hydrogen-bond acceptors (Lipinski definition) is 4. The predicted molar refractivity (Wildman–Crippen MR) is 105 cm³/mol. The summed E-state index contributed by atoms with van der Waals surface area (Å²) in [5.74, 6) is 1.64. The highest BCUT2D eigenvalue weighted by molar-refractivity contribution is 5.90. The zero-order valence-corrected chi connectivity index (χ0v) is 14.7. The second-order valence-electron chi connectivity index (χ2n) is 6.33. The zero-order chi connectivity index (χ0) is 17.8. The zero-order valence-electron chi connectivity index (χ0n) is 14.7. The molecule has 0 spiro atoms. The monoisotopic (exact) mass is 343 g/mol. The highest BCUT2D eigenvalue weighted by Gasteiger charge is 2.09. The first-order chi connectivity index (χ1) is 12.8. The Labute approximate surface area is 152 Å². The van der Waals surface area contributed by atoms with Gasteiger partial charge in [0, 0.05) is 23.2 Å². The molecule has 0 bridgehead atoms. The lowest BCUT2D eigenvalue weighted by atomic mass is 10.1. The van der Waals surface area contributed by atoms with E-state index in [0.717, 1.165) is 53.2 Å². The van der Waals surface area contributed by atoms with E-state index in [-0.39, 0.29) is 0 Å². The van der Waals surface area contributed by atoms with Crippen molar-refractivity contribution in [2.45, 2.75) is 19.8 Å². The summed E-state index contributed by atoms with van der Waals surface area (Å²) < 4.78 is 0. The van der Waals surface area contributed by atoms with Crippen molar-refractivity contribution in [3.63, 3.8) is 0 Å². The van der Waals surface area contributed by atoms with Crippen LogP contribution in [-0.2, 0) is 6.42 Å². The van der Waals surface area contributed by atoms with Crippen LogP contribution in [-0.4, -0.2) is 26.7 Å². The molecule has 0 aliphatic rings. The van der Waals surface area contributed by atoms with Gasteiger partial charge in [0.15, 0.2) is 5.82 Å². The molecular formula is C21H21N5. The van der Waals surface area contributed by atoms with Crippen molar-refractivity contribution in [3.05, 3.63) is 72.1 Å². The van der Waals surface area contributed by atoms with Gasteiger partial charge in [-0.1, -0.05) is 42.5 Å². The molecule has 5 nitrogen and oxygen atoms in total. The van der Waals surface area contributed by atoms with Gasteiger partial charge in [-0.15, -0.1) is 0 Å². The van der Waals surface area contributed by atoms with E-state index in [1.807, 2.05) is 54.7 Å². The molecule has 0 fully saturated rings. The molecule has 2 aromatic carbocycles. The number of aryl methyl sites for hydroxylation is 2. The van der Waals surface area contributed by atoms with Crippen molar-refractivity contribution >= 4 is 16.7 Å². The Kier molecular flexibility index (Phi) is 4.60. The second kappa shape index (κ2) is 7.35. The number of aromatic nitrogens is 4. The highest BCUT2D eigenvalue weighted by Crippen LogP contribution is 2.24. The number of anilines is 1. The average molecular weight is 343 g/mol. The number of fused-ring (bicyclic) bond motifs is 1. The van der Waals surface area contributed by atoms with Crippen LogP contribution < -0.4 is 5.32 Å². The number of H-pyrrole nitrogens is 1. The quantitative estimate of drug-likeness (QED) is 0.510. The summed E-state index contributed by atoms with van der Waals surface area (Å²) in [7, 11) is 0. The van der Waals surface area contributed by atoms with Gasteiger partial charge in [0.1, 0.15) is 5.82 Å². The fraction of sp³-hybridized carbons (Fsp3) is 0.190. The van der Waals surface area contributed by atoms with Crippen LogP contribution in [0.25, 0.3) is 22.3 Å². The van der Waals surface area contributed by atoms with Gasteiger partial charge in [0.2, 0.25) is 0 Å². The summed E-state index contributed by atoms with van der Waals surface area (Å²) in [6, 6.07) is 18.2. The SMILES string of the molecule is Cc1[nH]ncc1CCCNc1nc(-c2ccccc2)nc2ccccc12. The molecular weight excluding hydrogens is 322 g/mol. The van der Waals surface area contributed by atoms with Crippen molar-refractivity contribution in [1.29, 1.82) is 0 Å². The third kappa shape index (κ3) is 3.42. The van der Waals surface area contributed by atoms with Crippen molar-refractivity contribution in [1.82, 2.24) is 20.2 Å². The molecule has 0 aliphatic heterocycles. The summed E-state index contributed by atoms with van der Waals surface area (Å²) in [5.41, 5.74) is 4.39. The molecule has 2 heterocycles. The summed E-state index contributed by atoms with van der Waals surface area (Å²) in [5, 5.41) is 11.6. The Hall–Kier alpha value is -3.21. The van der Waals surface area contributed by atoms with Crippen LogP contribution in [0, 0.1) is 6.92 Å². The standard InChI is InChI=1S/C21H21N5/c1-15-17(14-23-26-15)10-7-13-22-21-18-11-5-6-12-19(18)24-20(25-21)16-8-3-2-4-9-16/h2-6,8-9,11-12,14H,7,10,13H2,1H3,(H,23,26)(H,22,24,25). The molecule has 130 valence electrons. The van der Waals surface area contributed by atoms with Crippen molar-refractivity contribution in [2.24, 2.45) is 0 Å². The van der Waals surface area contributed by atoms with Gasteiger partial charge < -0.3 is 5.32 Å². The molecule has 0 amide bonds. The Morgan fingerprint density at radius 1 is 0.962 bits per heavy atom. The largest absolute Gasteiger partial charge is 0.369 e.